The Morgan fingerprint density at radius 3 is 1.82 bits per heavy atom. The number of β-amino-alcohol motifs (C(OH)–C–C–N with tert-alkyl or cyclic N) is 1. The predicted octanol–water partition coefficient (Wildman–Crippen LogP) is -4.90. The first-order valence-electron chi connectivity index (χ1n) is 22.7. The molecular formula is C42H71N11O14. The lowest BCUT2D eigenvalue weighted by atomic mass is 10.0. The van der Waals surface area contributed by atoms with Crippen LogP contribution in [0.3, 0.4) is 0 Å². The van der Waals surface area contributed by atoms with E-state index in [0.29, 0.717) is 19.3 Å². The second-order valence-corrected chi connectivity index (χ2v) is 17.7. The molecule has 0 unspecified atom stereocenters. The van der Waals surface area contributed by atoms with Gasteiger partial charge < -0.3 is 73.8 Å². The summed E-state index contributed by atoms with van der Waals surface area (Å²) in [7, 11) is 0. The van der Waals surface area contributed by atoms with Gasteiger partial charge in [-0.1, -0.05) is 27.7 Å². The number of rotatable bonds is 29. The monoisotopic (exact) mass is 954 g/mol. The molecule has 2 saturated heterocycles. The molecule has 0 aromatic carbocycles. The molecule has 0 aromatic heterocycles. The number of carbonyl (C=O) groups excluding carboxylic acids is 10. The molecule has 2 fully saturated rings. The van der Waals surface area contributed by atoms with Gasteiger partial charge in [0.15, 0.2) is 0 Å². The fraction of sp³-hybridized carbons (Fsp3) is 0.738. The molecule has 378 valence electrons. The van der Waals surface area contributed by atoms with Gasteiger partial charge in [0.1, 0.15) is 36.3 Å². The van der Waals surface area contributed by atoms with Crippen LogP contribution >= 0.6 is 0 Å². The zero-order valence-corrected chi connectivity index (χ0v) is 38.9. The summed E-state index contributed by atoms with van der Waals surface area (Å²) in [5.74, 6) is -8.78. The van der Waals surface area contributed by atoms with Crippen LogP contribution in [0.2, 0.25) is 0 Å². The van der Waals surface area contributed by atoms with E-state index in [9.17, 15) is 63.0 Å². The highest BCUT2D eigenvalue weighted by atomic mass is 16.4. The standard InChI is InChI=1S/C42H71N11O14/c1-22(2)15-29(52-39(63)26(11-12-32(43)56)49-33(57)19-45-37(61)28-17-25(55)18-44-28)38(62)46-20-34(58)50-30(16-23(3)4)40(64)48-24(5)36(60)47-21-35(59)53-13-8-10-31(53)41(65)51-27(42(66)67)9-6-7-14-54/h22-31,44,54-55H,6-21H2,1-5H3,(H2,43,56)(H,45,61)(H,46,62)(H,47,60)(H,48,64)(H,49,57)(H,50,58)(H,51,65)(H,52,63)(H,66,67)/t24-,25+,26-,27-,28-,29-,30-,31-/m0/s1. The summed E-state index contributed by atoms with van der Waals surface area (Å²) in [6.45, 7) is 7.06. The number of carbonyl (C=O) groups is 11. The Bertz CT molecular complexity index is 1770. The van der Waals surface area contributed by atoms with Crippen molar-refractivity contribution in [1.82, 2.24) is 52.8 Å². The second kappa shape index (κ2) is 28.9. The van der Waals surface area contributed by atoms with Crippen molar-refractivity contribution in [3.05, 3.63) is 0 Å². The summed E-state index contributed by atoms with van der Waals surface area (Å²) in [5, 5.41) is 50.7. The van der Waals surface area contributed by atoms with Crippen molar-refractivity contribution in [2.24, 2.45) is 17.6 Å². The minimum Gasteiger partial charge on any atom is -0.480 e. The summed E-state index contributed by atoms with van der Waals surface area (Å²) < 4.78 is 0. The fourth-order valence-corrected chi connectivity index (χ4v) is 7.34. The van der Waals surface area contributed by atoms with Crippen molar-refractivity contribution >= 4 is 65.0 Å². The molecule has 10 amide bonds. The number of unbranched alkanes of at least 4 members (excludes halogenated alkanes) is 1. The van der Waals surface area contributed by atoms with Gasteiger partial charge >= 0.3 is 5.97 Å². The maximum Gasteiger partial charge on any atom is 0.326 e. The zero-order chi connectivity index (χ0) is 50.4. The van der Waals surface area contributed by atoms with Crippen LogP contribution in [0.15, 0.2) is 0 Å². The first-order valence-corrected chi connectivity index (χ1v) is 22.7. The van der Waals surface area contributed by atoms with Crippen LogP contribution in [0.4, 0.5) is 0 Å². The number of nitrogens with one attached hydrogen (secondary N) is 9. The minimum atomic E-state index is -1.35. The van der Waals surface area contributed by atoms with Crippen molar-refractivity contribution in [2.45, 2.75) is 147 Å². The van der Waals surface area contributed by atoms with Crippen molar-refractivity contribution in [3.8, 4) is 0 Å². The second-order valence-electron chi connectivity index (χ2n) is 17.7. The number of primary amides is 1. The number of aliphatic carboxylic acids is 1. The number of carboxylic acids is 1. The molecule has 0 bridgehead atoms. The molecule has 2 rings (SSSR count). The molecule has 0 aliphatic carbocycles. The van der Waals surface area contributed by atoms with E-state index in [0.717, 1.165) is 0 Å². The smallest absolute Gasteiger partial charge is 0.326 e. The van der Waals surface area contributed by atoms with Gasteiger partial charge in [-0.2, -0.15) is 0 Å². The number of aliphatic hydroxyl groups excluding tert-OH is 2. The average molecular weight is 954 g/mol. The first kappa shape index (κ1) is 57.2. The molecule has 0 saturated carbocycles. The van der Waals surface area contributed by atoms with Gasteiger partial charge in [0, 0.05) is 26.1 Å². The fourth-order valence-electron chi connectivity index (χ4n) is 7.34. The van der Waals surface area contributed by atoms with E-state index in [4.69, 9.17) is 10.8 Å². The Hall–Kier alpha value is -5.95. The number of hydrogen-bond donors (Lipinski definition) is 13. The van der Waals surface area contributed by atoms with Gasteiger partial charge in [0.25, 0.3) is 0 Å². The number of nitrogens with two attached hydrogens (primary N) is 1. The molecule has 0 spiro atoms. The molecule has 0 aromatic rings. The van der Waals surface area contributed by atoms with Gasteiger partial charge in [-0.3, -0.25) is 47.9 Å². The number of aliphatic hydroxyl groups is 2. The van der Waals surface area contributed by atoms with Crippen molar-refractivity contribution in [2.75, 3.05) is 39.3 Å². The van der Waals surface area contributed by atoms with E-state index in [-0.39, 0.29) is 76.5 Å². The lowest BCUT2D eigenvalue weighted by Gasteiger charge is -2.26. The molecule has 2 aliphatic rings. The summed E-state index contributed by atoms with van der Waals surface area (Å²) in [4.78, 5) is 142. The van der Waals surface area contributed by atoms with E-state index in [2.05, 4.69) is 47.9 Å². The highest BCUT2D eigenvalue weighted by molar-refractivity contribution is 5.97. The Kier molecular flexibility index (Phi) is 24.7. The van der Waals surface area contributed by atoms with E-state index in [1.165, 1.54) is 11.8 Å². The van der Waals surface area contributed by atoms with Crippen LogP contribution in [0.25, 0.3) is 0 Å². The third-order valence-corrected chi connectivity index (χ3v) is 10.9. The summed E-state index contributed by atoms with van der Waals surface area (Å²) in [6.07, 6.45) is 0.660. The van der Waals surface area contributed by atoms with Crippen molar-refractivity contribution in [1.29, 1.82) is 0 Å². The van der Waals surface area contributed by atoms with Gasteiger partial charge in [-0.05, 0) is 76.5 Å². The van der Waals surface area contributed by atoms with Crippen molar-refractivity contribution in [3.63, 3.8) is 0 Å². The van der Waals surface area contributed by atoms with Gasteiger partial charge in [0.2, 0.25) is 59.1 Å². The summed E-state index contributed by atoms with van der Waals surface area (Å²) in [5.41, 5.74) is 5.28. The quantitative estimate of drug-likeness (QED) is 0.0313. The third kappa shape index (κ3) is 21.0. The van der Waals surface area contributed by atoms with E-state index < -0.39 is 133 Å². The lowest BCUT2D eigenvalue weighted by molar-refractivity contribution is -0.144. The number of nitrogens with zero attached hydrogens (tertiary/aromatic N) is 1. The predicted molar refractivity (Wildman–Crippen MR) is 237 cm³/mol. The Morgan fingerprint density at radius 2 is 1.25 bits per heavy atom. The van der Waals surface area contributed by atoms with Gasteiger partial charge in [-0.15, -0.1) is 0 Å². The van der Waals surface area contributed by atoms with Crippen molar-refractivity contribution < 1.29 is 68.1 Å². The average Bonchev–Trinajstić information content (AvgIpc) is 3.93. The molecule has 8 atom stereocenters. The SMILES string of the molecule is CC(C)C[C@H](NC(=O)CNC(=O)[C@H](CC(C)C)NC(=O)[C@H](CCC(N)=O)NC(=O)CNC(=O)[C@@H]1C[C@@H](O)CN1)C(=O)N[C@@H](C)C(=O)NCC(=O)N1CCC[C@H]1C(=O)N[C@@H](CCCCO)C(=O)O. The molecule has 2 heterocycles. The third-order valence-electron chi connectivity index (χ3n) is 10.9. The summed E-state index contributed by atoms with van der Waals surface area (Å²) >= 11 is 0. The zero-order valence-electron chi connectivity index (χ0n) is 38.9. The van der Waals surface area contributed by atoms with E-state index >= 15 is 0 Å². The number of amides is 10. The molecule has 14 N–H and O–H groups in total. The molecule has 67 heavy (non-hydrogen) atoms. The lowest BCUT2D eigenvalue weighted by Crippen LogP contribution is -2.57. The Balaban J connectivity index is 1.98. The molecule has 25 heteroatoms. The van der Waals surface area contributed by atoms with Crippen LogP contribution in [0.5, 0.6) is 0 Å². The maximum atomic E-state index is 13.4. The Morgan fingerprint density at radius 1 is 0.672 bits per heavy atom. The van der Waals surface area contributed by atoms with Gasteiger partial charge in [-0.25, -0.2) is 4.79 Å². The Labute approximate surface area is 389 Å². The summed E-state index contributed by atoms with van der Waals surface area (Å²) in [6, 6.07) is -7.81. The number of likely N-dealkylation sites (tertiary alicyclic amines) is 1. The largest absolute Gasteiger partial charge is 0.480 e. The minimum absolute atomic E-state index is 0.0871. The van der Waals surface area contributed by atoms with Crippen LogP contribution < -0.4 is 53.6 Å². The van der Waals surface area contributed by atoms with Crippen LogP contribution in [0, 0.1) is 11.8 Å². The van der Waals surface area contributed by atoms with E-state index in [1.54, 1.807) is 27.7 Å². The van der Waals surface area contributed by atoms with Gasteiger partial charge in [0.05, 0.1) is 31.8 Å². The number of hydrogen-bond acceptors (Lipinski definition) is 14. The topological polar surface area (TPSA) is 386 Å². The molecule has 0 radical (unpaired) electrons. The van der Waals surface area contributed by atoms with Crippen LogP contribution in [-0.2, 0) is 52.7 Å². The number of carboxylic acid groups (broad SMARTS) is 1. The normalized spacial score (nSPS) is 18.9. The van der Waals surface area contributed by atoms with E-state index in [1.807, 2.05) is 0 Å². The first-order chi connectivity index (χ1) is 31.5. The van der Waals surface area contributed by atoms with Crippen LogP contribution in [-0.4, -0.2) is 173 Å². The highest BCUT2D eigenvalue weighted by Crippen LogP contribution is 2.18. The molecule has 2 aliphatic heterocycles. The highest BCUT2D eigenvalue weighted by Gasteiger charge is 2.36. The maximum absolute atomic E-state index is 13.4. The van der Waals surface area contributed by atoms with Crippen LogP contribution in [0.1, 0.15) is 98.8 Å². The molecule has 25 nitrogen and oxygen atoms in total. The molecular weight excluding hydrogens is 883 g/mol.